The zero-order valence-corrected chi connectivity index (χ0v) is 17.5. The molecule has 29 heavy (non-hydrogen) atoms. The van der Waals surface area contributed by atoms with Crippen molar-refractivity contribution in [3.63, 3.8) is 0 Å². The number of rotatable bonds is 5. The number of benzene rings is 3. The van der Waals surface area contributed by atoms with Crippen LogP contribution in [-0.4, -0.2) is 19.4 Å². The van der Waals surface area contributed by atoms with E-state index in [2.05, 4.69) is 0 Å². The largest absolute Gasteiger partial charge is 0.508 e. The van der Waals surface area contributed by atoms with Crippen LogP contribution in [0.1, 0.15) is 19.4 Å². The monoisotopic (exact) mass is 429 g/mol. The van der Waals surface area contributed by atoms with Crippen LogP contribution in [0.5, 0.6) is 5.75 Å². The number of anilines is 1. The van der Waals surface area contributed by atoms with E-state index in [9.17, 15) is 18.3 Å². The van der Waals surface area contributed by atoms with Gasteiger partial charge in [-0.25, -0.2) is 12.7 Å². The Morgan fingerprint density at radius 1 is 0.931 bits per heavy atom. The van der Waals surface area contributed by atoms with E-state index in [0.29, 0.717) is 10.6 Å². The minimum atomic E-state index is -4.20. The van der Waals surface area contributed by atoms with Crippen LogP contribution in [0.4, 0.5) is 5.69 Å². The van der Waals surface area contributed by atoms with Crippen LogP contribution in [0.25, 0.3) is 0 Å². The van der Waals surface area contributed by atoms with E-state index in [1.54, 1.807) is 56.3 Å². The van der Waals surface area contributed by atoms with Crippen LogP contribution in [0.3, 0.4) is 0 Å². The van der Waals surface area contributed by atoms with Gasteiger partial charge in [-0.1, -0.05) is 41.9 Å². The molecule has 0 aliphatic carbocycles. The van der Waals surface area contributed by atoms with E-state index in [1.807, 2.05) is 0 Å². The second kappa shape index (κ2) is 7.89. The number of nitrogens with zero attached hydrogens (tertiary/aromatic N) is 1. The fraction of sp³-hybridized carbons (Fsp3) is 0.136. The summed E-state index contributed by atoms with van der Waals surface area (Å²) < 4.78 is 27.6. The summed E-state index contributed by atoms with van der Waals surface area (Å²) >= 11 is 6.08. The molecular formula is C22H20ClNO4S. The molecule has 3 aromatic rings. The molecule has 150 valence electrons. The number of hydrogen-bond donors (Lipinski definition) is 1. The Morgan fingerprint density at radius 3 is 2.14 bits per heavy atom. The van der Waals surface area contributed by atoms with E-state index in [-0.39, 0.29) is 16.3 Å². The first-order chi connectivity index (χ1) is 13.6. The number of sulfonamides is 1. The van der Waals surface area contributed by atoms with Crippen molar-refractivity contribution in [2.24, 2.45) is 0 Å². The highest BCUT2D eigenvalue weighted by Crippen LogP contribution is 2.34. The minimum absolute atomic E-state index is 0.0108. The molecule has 0 spiro atoms. The molecule has 0 bridgehead atoms. The molecule has 0 saturated carbocycles. The molecule has 3 rings (SSSR count). The Bertz CT molecular complexity index is 1130. The Morgan fingerprint density at radius 2 is 1.55 bits per heavy atom. The van der Waals surface area contributed by atoms with E-state index >= 15 is 0 Å². The van der Waals surface area contributed by atoms with Gasteiger partial charge >= 0.3 is 0 Å². The van der Waals surface area contributed by atoms with E-state index < -0.39 is 21.3 Å². The van der Waals surface area contributed by atoms with Crippen molar-refractivity contribution in [1.82, 2.24) is 0 Å². The van der Waals surface area contributed by atoms with E-state index in [4.69, 9.17) is 11.6 Å². The summed E-state index contributed by atoms with van der Waals surface area (Å²) in [5.41, 5.74) is -0.473. The molecule has 0 unspecified atom stereocenters. The Balaban J connectivity index is 2.17. The third-order valence-electron chi connectivity index (χ3n) is 4.63. The standard InChI is InChI=1S/C22H20ClNO4S/c1-22(2,16-7-6-8-17(23)15-16)21(26)24(18-11-13-19(25)14-12-18)29(27,28)20-9-4-3-5-10-20/h3-15,25H,1-2H3. The summed E-state index contributed by atoms with van der Waals surface area (Å²) in [6.07, 6.45) is 0. The first-order valence-corrected chi connectivity index (χ1v) is 10.7. The van der Waals surface area contributed by atoms with Gasteiger partial charge in [-0.05, 0) is 67.9 Å². The third kappa shape index (κ3) is 4.13. The number of carbonyl (C=O) groups is 1. The fourth-order valence-electron chi connectivity index (χ4n) is 2.91. The predicted octanol–water partition coefficient (Wildman–Crippen LogP) is 4.75. The Hall–Kier alpha value is -2.83. The lowest BCUT2D eigenvalue weighted by atomic mass is 9.83. The van der Waals surface area contributed by atoms with Crippen LogP contribution in [0.2, 0.25) is 5.02 Å². The second-order valence-electron chi connectivity index (χ2n) is 7.04. The van der Waals surface area contributed by atoms with Crippen molar-refractivity contribution in [1.29, 1.82) is 0 Å². The normalized spacial score (nSPS) is 11.8. The SMILES string of the molecule is CC(C)(C(=O)N(c1ccc(O)cc1)S(=O)(=O)c1ccccc1)c1cccc(Cl)c1. The summed E-state index contributed by atoms with van der Waals surface area (Å²) in [6, 6.07) is 20.0. The van der Waals surface area contributed by atoms with Crippen molar-refractivity contribution in [2.45, 2.75) is 24.2 Å². The van der Waals surface area contributed by atoms with Gasteiger partial charge in [0.15, 0.2) is 0 Å². The van der Waals surface area contributed by atoms with Gasteiger partial charge in [0.05, 0.1) is 16.0 Å². The molecule has 5 nitrogen and oxygen atoms in total. The maximum atomic E-state index is 13.6. The minimum Gasteiger partial charge on any atom is -0.508 e. The highest BCUT2D eigenvalue weighted by molar-refractivity contribution is 7.93. The summed E-state index contributed by atoms with van der Waals surface area (Å²) in [5, 5.41) is 10.0. The molecule has 0 radical (unpaired) electrons. The van der Waals surface area contributed by atoms with Crippen LogP contribution >= 0.6 is 11.6 Å². The number of phenols is 1. The van der Waals surface area contributed by atoms with Gasteiger partial charge in [0.2, 0.25) is 0 Å². The summed E-state index contributed by atoms with van der Waals surface area (Å²) in [6.45, 7) is 3.30. The molecule has 0 heterocycles. The van der Waals surface area contributed by atoms with Gasteiger partial charge in [-0.15, -0.1) is 0 Å². The maximum absolute atomic E-state index is 13.6. The Kier molecular flexibility index (Phi) is 5.68. The number of aromatic hydroxyl groups is 1. The number of hydrogen-bond acceptors (Lipinski definition) is 4. The van der Waals surface area contributed by atoms with Gasteiger partial charge in [-0.3, -0.25) is 4.79 Å². The Labute approximate surface area is 175 Å². The van der Waals surface area contributed by atoms with Crippen molar-refractivity contribution in [3.8, 4) is 5.75 Å². The van der Waals surface area contributed by atoms with Gasteiger partial charge in [0.1, 0.15) is 5.75 Å². The molecule has 0 saturated heterocycles. The molecular weight excluding hydrogens is 410 g/mol. The third-order valence-corrected chi connectivity index (χ3v) is 6.59. The van der Waals surface area contributed by atoms with Crippen molar-refractivity contribution >= 4 is 33.2 Å². The zero-order chi connectivity index (χ0) is 21.2. The number of phenolic OH excluding ortho intramolecular Hbond substituents is 1. The molecule has 0 fully saturated rings. The number of carbonyl (C=O) groups excluding carboxylic acids is 1. The van der Waals surface area contributed by atoms with Crippen LogP contribution in [0, 0.1) is 0 Å². The zero-order valence-electron chi connectivity index (χ0n) is 15.9. The first kappa shape index (κ1) is 20.9. The van der Waals surface area contributed by atoms with Crippen molar-refractivity contribution in [3.05, 3.63) is 89.4 Å². The van der Waals surface area contributed by atoms with Crippen LogP contribution in [0.15, 0.2) is 83.8 Å². The second-order valence-corrected chi connectivity index (χ2v) is 9.26. The number of amides is 1. The highest BCUT2D eigenvalue weighted by atomic mass is 35.5. The van der Waals surface area contributed by atoms with Gasteiger partial charge in [-0.2, -0.15) is 0 Å². The van der Waals surface area contributed by atoms with E-state index in [1.165, 1.54) is 36.4 Å². The molecule has 1 amide bonds. The molecule has 0 aliphatic rings. The molecule has 0 atom stereocenters. The highest BCUT2D eigenvalue weighted by Gasteiger charge is 2.41. The van der Waals surface area contributed by atoms with E-state index in [0.717, 1.165) is 4.31 Å². The summed E-state index contributed by atoms with van der Waals surface area (Å²) in [4.78, 5) is 13.6. The summed E-state index contributed by atoms with van der Waals surface area (Å²) in [7, 11) is -4.20. The molecule has 0 aliphatic heterocycles. The topological polar surface area (TPSA) is 74.7 Å². The van der Waals surface area contributed by atoms with Crippen LogP contribution in [-0.2, 0) is 20.2 Å². The predicted molar refractivity (Wildman–Crippen MR) is 114 cm³/mol. The number of halogens is 1. The van der Waals surface area contributed by atoms with Gasteiger partial charge in [0, 0.05) is 5.02 Å². The molecule has 1 N–H and O–H groups in total. The van der Waals surface area contributed by atoms with Crippen molar-refractivity contribution in [2.75, 3.05) is 4.31 Å². The van der Waals surface area contributed by atoms with Crippen LogP contribution < -0.4 is 4.31 Å². The maximum Gasteiger partial charge on any atom is 0.270 e. The first-order valence-electron chi connectivity index (χ1n) is 8.84. The summed E-state index contributed by atoms with van der Waals surface area (Å²) in [5.74, 6) is -0.679. The molecule has 3 aromatic carbocycles. The lowest BCUT2D eigenvalue weighted by molar-refractivity contribution is -0.121. The molecule has 7 heteroatoms. The lowest BCUT2D eigenvalue weighted by Gasteiger charge is -2.32. The van der Waals surface area contributed by atoms with Gasteiger partial charge in [0.25, 0.3) is 15.9 Å². The van der Waals surface area contributed by atoms with Crippen molar-refractivity contribution < 1.29 is 18.3 Å². The fourth-order valence-corrected chi connectivity index (χ4v) is 4.65. The quantitative estimate of drug-likeness (QED) is 0.635. The smallest absolute Gasteiger partial charge is 0.270 e. The average Bonchev–Trinajstić information content (AvgIpc) is 2.70. The molecule has 0 aromatic heterocycles. The lowest BCUT2D eigenvalue weighted by Crippen LogP contribution is -2.46. The van der Waals surface area contributed by atoms with Gasteiger partial charge < -0.3 is 5.11 Å². The average molecular weight is 430 g/mol.